The molecule has 1 aliphatic rings. The van der Waals surface area contributed by atoms with Crippen molar-refractivity contribution < 1.29 is 19.0 Å². The van der Waals surface area contributed by atoms with Crippen LogP contribution in [0.3, 0.4) is 0 Å². The number of nitrogens with zero attached hydrogens (tertiary/aromatic N) is 1. The third-order valence-electron chi connectivity index (χ3n) is 5.14. The summed E-state index contributed by atoms with van der Waals surface area (Å²) in [4.78, 5) is 14.9. The van der Waals surface area contributed by atoms with E-state index in [2.05, 4.69) is 0 Å². The number of hydrogen-bond donors (Lipinski definition) is 1. The Balaban J connectivity index is 1.73. The number of carbonyl (C=O) groups excluding carboxylic acids is 1. The number of hydrogen-bond acceptors (Lipinski definition) is 3. The first-order valence-electron chi connectivity index (χ1n) is 9.45. The summed E-state index contributed by atoms with van der Waals surface area (Å²) in [5.41, 5.74) is 1.57. The summed E-state index contributed by atoms with van der Waals surface area (Å²) in [6, 6.07) is 11.1. The van der Waals surface area contributed by atoms with Gasteiger partial charge in [0.2, 0.25) is 0 Å². The fourth-order valence-electron chi connectivity index (χ4n) is 3.74. The predicted molar refractivity (Wildman–Crippen MR) is 103 cm³/mol. The van der Waals surface area contributed by atoms with Crippen molar-refractivity contribution >= 4 is 5.91 Å². The molecule has 1 saturated heterocycles. The van der Waals surface area contributed by atoms with Gasteiger partial charge in [0.15, 0.2) is 0 Å². The fraction of sp³-hybridized carbons (Fsp3) is 0.409. The number of benzene rings is 2. The number of piperidine rings is 1. The van der Waals surface area contributed by atoms with Crippen LogP contribution < -0.4 is 0 Å². The van der Waals surface area contributed by atoms with Gasteiger partial charge in [-0.2, -0.15) is 0 Å². The minimum Gasteiger partial charge on any atom is -0.508 e. The van der Waals surface area contributed by atoms with Crippen LogP contribution in [0.4, 0.5) is 4.39 Å². The Morgan fingerprint density at radius 1 is 1.30 bits per heavy atom. The van der Waals surface area contributed by atoms with Gasteiger partial charge in [-0.1, -0.05) is 12.1 Å². The molecule has 27 heavy (non-hydrogen) atoms. The molecular weight excluding hydrogens is 345 g/mol. The molecule has 0 aliphatic carbocycles. The Bertz CT molecular complexity index is 793. The van der Waals surface area contributed by atoms with Crippen LogP contribution in [0.25, 0.3) is 11.1 Å². The lowest BCUT2D eigenvalue weighted by Crippen LogP contribution is -2.40. The van der Waals surface area contributed by atoms with Gasteiger partial charge in [0.25, 0.3) is 5.91 Å². The summed E-state index contributed by atoms with van der Waals surface area (Å²) in [6.45, 7) is 2.28. The summed E-state index contributed by atoms with van der Waals surface area (Å²) in [5, 5.41) is 9.39. The van der Waals surface area contributed by atoms with E-state index in [0.29, 0.717) is 22.6 Å². The largest absolute Gasteiger partial charge is 0.508 e. The molecule has 1 atom stereocenters. The number of phenolic OH excluding ortho intramolecular Hbond substituents is 1. The van der Waals surface area contributed by atoms with Crippen LogP contribution in [0, 0.1) is 11.7 Å². The topological polar surface area (TPSA) is 49.8 Å². The van der Waals surface area contributed by atoms with E-state index in [4.69, 9.17) is 4.74 Å². The van der Waals surface area contributed by atoms with E-state index in [1.165, 1.54) is 12.1 Å². The molecule has 0 unspecified atom stereocenters. The second-order valence-corrected chi connectivity index (χ2v) is 7.14. The van der Waals surface area contributed by atoms with E-state index >= 15 is 0 Å². The van der Waals surface area contributed by atoms with Crippen molar-refractivity contribution in [2.24, 2.45) is 5.92 Å². The highest BCUT2D eigenvalue weighted by Crippen LogP contribution is 2.28. The fourth-order valence-corrected chi connectivity index (χ4v) is 3.74. The molecule has 0 bridgehead atoms. The second-order valence-electron chi connectivity index (χ2n) is 7.14. The number of ether oxygens (including phenoxy) is 1. The van der Waals surface area contributed by atoms with Gasteiger partial charge in [-0.15, -0.1) is 0 Å². The van der Waals surface area contributed by atoms with Crippen LogP contribution in [0.15, 0.2) is 42.5 Å². The van der Waals surface area contributed by atoms with Gasteiger partial charge in [0.05, 0.1) is 0 Å². The third kappa shape index (κ3) is 4.86. The van der Waals surface area contributed by atoms with Crippen molar-refractivity contribution in [3.63, 3.8) is 0 Å². The summed E-state index contributed by atoms with van der Waals surface area (Å²) in [7, 11) is 1.71. The van der Waals surface area contributed by atoms with Gasteiger partial charge < -0.3 is 14.7 Å². The molecule has 3 rings (SSSR count). The Morgan fingerprint density at radius 2 is 2.15 bits per heavy atom. The maximum Gasteiger partial charge on any atom is 0.253 e. The molecule has 5 heteroatoms. The molecule has 1 amide bonds. The van der Waals surface area contributed by atoms with Crippen LogP contribution in [-0.4, -0.2) is 42.7 Å². The van der Waals surface area contributed by atoms with Crippen LogP contribution in [-0.2, 0) is 4.74 Å². The number of methoxy groups -OCH3 is 1. The quantitative estimate of drug-likeness (QED) is 0.762. The summed E-state index contributed by atoms with van der Waals surface area (Å²) < 4.78 is 19.3. The highest BCUT2D eigenvalue weighted by atomic mass is 19.1. The minimum atomic E-state index is -0.504. The zero-order valence-electron chi connectivity index (χ0n) is 15.7. The van der Waals surface area contributed by atoms with E-state index in [1.807, 2.05) is 4.90 Å². The van der Waals surface area contributed by atoms with Gasteiger partial charge in [-0.25, -0.2) is 4.39 Å². The molecule has 4 nitrogen and oxygen atoms in total. The highest BCUT2D eigenvalue weighted by molar-refractivity contribution is 5.95. The number of rotatable bonds is 6. The van der Waals surface area contributed by atoms with E-state index in [9.17, 15) is 14.3 Å². The molecule has 2 aromatic rings. The Morgan fingerprint density at radius 3 is 2.93 bits per heavy atom. The molecule has 1 N–H and O–H groups in total. The SMILES string of the molecule is COCCC[C@H]1CCCN(C(=O)c2cccc(-c3ccc(O)cc3F)c2)C1. The molecule has 1 aliphatic heterocycles. The monoisotopic (exact) mass is 371 g/mol. The van der Waals surface area contributed by atoms with Crippen molar-refractivity contribution in [2.45, 2.75) is 25.7 Å². The minimum absolute atomic E-state index is 0.00696. The molecule has 2 aromatic carbocycles. The summed E-state index contributed by atoms with van der Waals surface area (Å²) in [5.74, 6) is -0.116. The average molecular weight is 371 g/mol. The maximum absolute atomic E-state index is 14.2. The standard InChI is InChI=1S/C22H26FNO3/c1-27-12-4-6-16-5-3-11-24(15-16)22(26)18-8-2-7-17(13-18)20-10-9-19(25)14-21(20)23/h2,7-10,13-14,16,25H,3-6,11-12,15H2,1H3/t16-/m1/s1. The lowest BCUT2D eigenvalue weighted by molar-refractivity contribution is 0.0660. The lowest BCUT2D eigenvalue weighted by atomic mass is 9.93. The number of amides is 1. The Kier molecular flexibility index (Phi) is 6.45. The molecule has 0 aromatic heterocycles. The van der Waals surface area contributed by atoms with Crippen LogP contribution in [0.5, 0.6) is 5.75 Å². The smallest absolute Gasteiger partial charge is 0.253 e. The van der Waals surface area contributed by atoms with Crippen molar-refractivity contribution in [3.05, 3.63) is 53.8 Å². The van der Waals surface area contributed by atoms with E-state index in [-0.39, 0.29) is 11.7 Å². The van der Waals surface area contributed by atoms with Crippen molar-refractivity contribution in [3.8, 4) is 16.9 Å². The molecular formula is C22H26FNO3. The van der Waals surface area contributed by atoms with Gasteiger partial charge >= 0.3 is 0 Å². The second kappa shape index (κ2) is 9.00. The summed E-state index contributed by atoms with van der Waals surface area (Å²) in [6.07, 6.45) is 4.23. The molecule has 0 saturated carbocycles. The number of likely N-dealkylation sites (tertiary alicyclic amines) is 1. The van der Waals surface area contributed by atoms with Crippen molar-refractivity contribution in [2.75, 3.05) is 26.8 Å². The van der Waals surface area contributed by atoms with Crippen molar-refractivity contribution in [1.29, 1.82) is 0 Å². The molecule has 144 valence electrons. The number of carbonyl (C=O) groups is 1. The normalized spacial score (nSPS) is 17.1. The van der Waals surface area contributed by atoms with Gasteiger partial charge in [0, 0.05) is 44.0 Å². The predicted octanol–water partition coefficient (Wildman–Crippen LogP) is 4.48. The number of halogens is 1. The highest BCUT2D eigenvalue weighted by Gasteiger charge is 2.24. The molecule has 1 fully saturated rings. The molecule has 1 heterocycles. The number of phenols is 1. The van der Waals surface area contributed by atoms with Crippen LogP contribution >= 0.6 is 0 Å². The first-order valence-corrected chi connectivity index (χ1v) is 9.45. The first kappa shape index (κ1) is 19.4. The third-order valence-corrected chi connectivity index (χ3v) is 5.14. The van der Waals surface area contributed by atoms with Gasteiger partial charge in [-0.3, -0.25) is 4.79 Å². The zero-order valence-corrected chi connectivity index (χ0v) is 15.7. The zero-order chi connectivity index (χ0) is 19.2. The average Bonchev–Trinajstić information content (AvgIpc) is 2.68. The lowest BCUT2D eigenvalue weighted by Gasteiger charge is -2.33. The summed E-state index contributed by atoms with van der Waals surface area (Å²) >= 11 is 0. The Hall–Kier alpha value is -2.40. The Labute approximate surface area is 159 Å². The van der Waals surface area contributed by atoms with Crippen LogP contribution in [0.2, 0.25) is 0 Å². The molecule has 0 spiro atoms. The van der Waals surface area contributed by atoms with E-state index in [1.54, 1.807) is 31.4 Å². The van der Waals surface area contributed by atoms with Crippen LogP contribution in [0.1, 0.15) is 36.0 Å². The first-order chi connectivity index (χ1) is 13.1. The van der Waals surface area contributed by atoms with E-state index < -0.39 is 5.82 Å². The van der Waals surface area contributed by atoms with Gasteiger partial charge in [0.1, 0.15) is 11.6 Å². The van der Waals surface area contributed by atoms with Gasteiger partial charge in [-0.05, 0) is 61.4 Å². The molecule has 0 radical (unpaired) electrons. The maximum atomic E-state index is 14.2. The van der Waals surface area contributed by atoms with Crippen molar-refractivity contribution in [1.82, 2.24) is 4.90 Å². The van der Waals surface area contributed by atoms with E-state index in [0.717, 1.165) is 51.4 Å². The number of aromatic hydroxyl groups is 1.